The molecule has 3 rings (SSSR count). The second kappa shape index (κ2) is 5.04. The zero-order valence-electron chi connectivity index (χ0n) is 11.5. The summed E-state index contributed by atoms with van der Waals surface area (Å²) in [6.07, 6.45) is 0.789. The van der Waals surface area contributed by atoms with Crippen LogP contribution in [0.15, 0.2) is 41.3 Å². The van der Waals surface area contributed by atoms with E-state index in [9.17, 15) is 12.8 Å². The smallest absolute Gasteiger partial charge is 0.262 e. The van der Waals surface area contributed by atoms with E-state index >= 15 is 0 Å². The lowest BCUT2D eigenvalue weighted by Crippen LogP contribution is -2.15. The van der Waals surface area contributed by atoms with Crippen LogP contribution in [-0.2, 0) is 16.4 Å². The number of sulfonamides is 1. The van der Waals surface area contributed by atoms with E-state index in [2.05, 4.69) is 10.0 Å². The minimum Gasteiger partial charge on any atom is -0.384 e. The fraction of sp³-hybridized carbons (Fsp3) is 0.200. The van der Waals surface area contributed by atoms with Crippen LogP contribution in [0.5, 0.6) is 0 Å². The SMILES string of the molecule is Cc1cccc(F)c1NS(=O)(=O)c1ccc2c(c1)CCN2. The van der Waals surface area contributed by atoms with Crippen molar-refractivity contribution in [3.05, 3.63) is 53.3 Å². The molecule has 1 heterocycles. The molecule has 110 valence electrons. The molecule has 0 radical (unpaired) electrons. The second-order valence-corrected chi connectivity index (χ2v) is 6.72. The average Bonchev–Trinajstić information content (AvgIpc) is 2.90. The summed E-state index contributed by atoms with van der Waals surface area (Å²) in [5.41, 5.74) is 2.46. The van der Waals surface area contributed by atoms with Crippen molar-refractivity contribution in [2.75, 3.05) is 16.6 Å². The highest BCUT2D eigenvalue weighted by Gasteiger charge is 2.20. The van der Waals surface area contributed by atoms with E-state index in [1.165, 1.54) is 12.1 Å². The largest absolute Gasteiger partial charge is 0.384 e. The summed E-state index contributed by atoms with van der Waals surface area (Å²) < 4.78 is 40.9. The molecule has 0 bridgehead atoms. The Balaban J connectivity index is 1.98. The molecule has 21 heavy (non-hydrogen) atoms. The third-order valence-corrected chi connectivity index (χ3v) is 4.90. The molecule has 1 aliphatic heterocycles. The zero-order valence-corrected chi connectivity index (χ0v) is 12.3. The Kier molecular flexibility index (Phi) is 3.33. The number of para-hydroxylation sites is 1. The minimum absolute atomic E-state index is 0.00359. The van der Waals surface area contributed by atoms with Crippen molar-refractivity contribution in [1.82, 2.24) is 0 Å². The highest BCUT2D eigenvalue weighted by atomic mass is 32.2. The van der Waals surface area contributed by atoms with Gasteiger partial charge in [-0.2, -0.15) is 0 Å². The van der Waals surface area contributed by atoms with Crippen molar-refractivity contribution >= 4 is 21.4 Å². The number of anilines is 2. The van der Waals surface area contributed by atoms with E-state index in [1.807, 2.05) is 0 Å². The summed E-state index contributed by atoms with van der Waals surface area (Å²) in [5, 5.41) is 3.17. The predicted molar refractivity (Wildman–Crippen MR) is 80.6 cm³/mol. The van der Waals surface area contributed by atoms with Crippen LogP contribution in [0.3, 0.4) is 0 Å². The van der Waals surface area contributed by atoms with Gasteiger partial charge >= 0.3 is 0 Å². The first-order chi connectivity index (χ1) is 9.97. The first-order valence-electron chi connectivity index (χ1n) is 6.62. The average molecular weight is 306 g/mol. The normalized spacial score (nSPS) is 13.6. The van der Waals surface area contributed by atoms with Gasteiger partial charge in [0, 0.05) is 12.2 Å². The number of hydrogen-bond donors (Lipinski definition) is 2. The maximum atomic E-state index is 13.8. The fourth-order valence-corrected chi connectivity index (χ4v) is 3.59. The molecule has 0 unspecified atom stereocenters. The highest BCUT2D eigenvalue weighted by Crippen LogP contribution is 2.27. The molecule has 0 aromatic heterocycles. The molecule has 1 aliphatic rings. The number of halogens is 1. The third-order valence-electron chi connectivity index (χ3n) is 3.56. The van der Waals surface area contributed by atoms with Crippen molar-refractivity contribution in [3.63, 3.8) is 0 Å². The van der Waals surface area contributed by atoms with Gasteiger partial charge in [0.25, 0.3) is 10.0 Å². The number of hydrogen-bond acceptors (Lipinski definition) is 3. The molecule has 0 amide bonds. The monoisotopic (exact) mass is 306 g/mol. The Labute approximate surface area is 123 Å². The van der Waals surface area contributed by atoms with Crippen LogP contribution >= 0.6 is 0 Å². The van der Waals surface area contributed by atoms with Gasteiger partial charge in [-0.15, -0.1) is 0 Å². The lowest BCUT2D eigenvalue weighted by atomic mass is 10.2. The van der Waals surface area contributed by atoms with E-state index in [1.54, 1.807) is 31.2 Å². The summed E-state index contributed by atoms with van der Waals surface area (Å²) in [7, 11) is -3.80. The van der Waals surface area contributed by atoms with E-state index in [0.29, 0.717) is 5.56 Å². The van der Waals surface area contributed by atoms with Gasteiger partial charge in [0.2, 0.25) is 0 Å². The van der Waals surface area contributed by atoms with Crippen molar-refractivity contribution in [1.29, 1.82) is 0 Å². The van der Waals surface area contributed by atoms with Crippen molar-refractivity contribution in [2.24, 2.45) is 0 Å². The number of rotatable bonds is 3. The molecule has 0 saturated heterocycles. The van der Waals surface area contributed by atoms with Crippen LogP contribution in [0.4, 0.5) is 15.8 Å². The van der Waals surface area contributed by atoms with Gasteiger partial charge in [0.05, 0.1) is 10.6 Å². The number of fused-ring (bicyclic) bond motifs is 1. The van der Waals surface area contributed by atoms with Crippen LogP contribution in [-0.4, -0.2) is 15.0 Å². The fourth-order valence-electron chi connectivity index (χ4n) is 2.40. The molecule has 2 N–H and O–H groups in total. The first kappa shape index (κ1) is 13.9. The number of aryl methyl sites for hydroxylation is 1. The van der Waals surface area contributed by atoms with E-state index < -0.39 is 15.8 Å². The van der Waals surface area contributed by atoms with Gasteiger partial charge in [-0.1, -0.05) is 12.1 Å². The van der Waals surface area contributed by atoms with E-state index in [0.717, 1.165) is 24.2 Å². The molecular formula is C15H15FN2O2S. The zero-order chi connectivity index (χ0) is 15.0. The molecule has 6 heteroatoms. The highest BCUT2D eigenvalue weighted by molar-refractivity contribution is 7.92. The second-order valence-electron chi connectivity index (χ2n) is 5.03. The maximum Gasteiger partial charge on any atom is 0.262 e. The standard InChI is InChI=1S/C15H15FN2O2S/c1-10-3-2-4-13(16)15(10)18-21(19,20)12-5-6-14-11(9-12)7-8-17-14/h2-6,9,17-18H,7-8H2,1H3. The lowest BCUT2D eigenvalue weighted by Gasteiger charge is -2.12. The van der Waals surface area contributed by atoms with Crippen LogP contribution in [0, 0.1) is 12.7 Å². The van der Waals surface area contributed by atoms with E-state index in [-0.39, 0.29) is 10.6 Å². The quantitative estimate of drug-likeness (QED) is 0.916. The summed E-state index contributed by atoms with van der Waals surface area (Å²) in [6.45, 7) is 2.46. The van der Waals surface area contributed by atoms with Gasteiger partial charge in [-0.3, -0.25) is 4.72 Å². The molecule has 2 aromatic rings. The van der Waals surface area contributed by atoms with Gasteiger partial charge < -0.3 is 5.32 Å². The Morgan fingerprint density at radius 3 is 2.81 bits per heavy atom. The molecule has 4 nitrogen and oxygen atoms in total. The van der Waals surface area contributed by atoms with E-state index in [4.69, 9.17) is 0 Å². The van der Waals surface area contributed by atoms with Gasteiger partial charge in [0.15, 0.2) is 0 Å². The lowest BCUT2D eigenvalue weighted by molar-refractivity contribution is 0.598. The number of benzene rings is 2. The minimum atomic E-state index is -3.80. The van der Waals surface area contributed by atoms with Crippen LogP contribution in [0.2, 0.25) is 0 Å². The molecule has 0 saturated carbocycles. The van der Waals surface area contributed by atoms with Crippen molar-refractivity contribution < 1.29 is 12.8 Å². The third kappa shape index (κ3) is 2.58. The Hall–Kier alpha value is -2.08. The molecule has 0 aliphatic carbocycles. The Morgan fingerprint density at radius 1 is 1.24 bits per heavy atom. The molecule has 0 fully saturated rings. The molecule has 2 aromatic carbocycles. The molecule has 0 atom stereocenters. The summed E-state index contributed by atoms with van der Waals surface area (Å²) >= 11 is 0. The Bertz CT molecular complexity index is 783. The summed E-state index contributed by atoms with van der Waals surface area (Å²) in [5.74, 6) is -0.582. The maximum absolute atomic E-state index is 13.8. The van der Waals surface area contributed by atoms with Gasteiger partial charge in [-0.25, -0.2) is 12.8 Å². The number of nitrogens with one attached hydrogen (secondary N) is 2. The first-order valence-corrected chi connectivity index (χ1v) is 8.10. The van der Waals surface area contributed by atoms with Gasteiger partial charge in [0.1, 0.15) is 5.82 Å². The van der Waals surface area contributed by atoms with Crippen LogP contribution in [0.1, 0.15) is 11.1 Å². The van der Waals surface area contributed by atoms with Crippen LogP contribution < -0.4 is 10.0 Å². The topological polar surface area (TPSA) is 58.2 Å². The molecule has 0 spiro atoms. The van der Waals surface area contributed by atoms with Crippen LogP contribution in [0.25, 0.3) is 0 Å². The summed E-state index contributed by atoms with van der Waals surface area (Å²) in [4.78, 5) is 0.146. The predicted octanol–water partition coefficient (Wildman–Crippen LogP) is 2.90. The van der Waals surface area contributed by atoms with Gasteiger partial charge in [-0.05, 0) is 48.7 Å². The molecular weight excluding hydrogens is 291 g/mol. The Morgan fingerprint density at radius 2 is 2.05 bits per heavy atom. The van der Waals surface area contributed by atoms with Crippen molar-refractivity contribution in [2.45, 2.75) is 18.2 Å². The summed E-state index contributed by atoms with van der Waals surface area (Å²) in [6, 6.07) is 9.34. The van der Waals surface area contributed by atoms with Crippen molar-refractivity contribution in [3.8, 4) is 0 Å².